The third-order valence-corrected chi connectivity index (χ3v) is 5.88. The highest BCUT2D eigenvalue weighted by atomic mass is 32.2. The number of hydrogen-bond donors (Lipinski definition) is 1. The smallest absolute Gasteiger partial charge is 0.227 e. The van der Waals surface area contributed by atoms with E-state index in [1.165, 1.54) is 17.8 Å². The van der Waals surface area contributed by atoms with Crippen LogP contribution in [0.15, 0.2) is 107 Å². The Hall–Kier alpha value is -3.15. The Morgan fingerprint density at radius 3 is 2.32 bits per heavy atom. The van der Waals surface area contributed by atoms with Gasteiger partial charge >= 0.3 is 0 Å². The number of ketones is 1. The van der Waals surface area contributed by atoms with Gasteiger partial charge in [-0.15, -0.1) is 0 Å². The first-order valence-electron chi connectivity index (χ1n) is 8.93. The minimum Gasteiger partial charge on any atom is -0.361 e. The Morgan fingerprint density at radius 2 is 1.57 bits per heavy atom. The van der Waals surface area contributed by atoms with Crippen LogP contribution in [-0.4, -0.2) is 16.1 Å². The first-order valence-corrected chi connectivity index (χ1v) is 9.75. The molecule has 1 unspecified atom stereocenters. The van der Waals surface area contributed by atoms with Crippen molar-refractivity contribution < 1.29 is 9.90 Å². The summed E-state index contributed by atoms with van der Waals surface area (Å²) in [5, 5.41) is 12.3. The van der Waals surface area contributed by atoms with Crippen molar-refractivity contribution in [2.75, 3.05) is 4.90 Å². The Kier molecular flexibility index (Phi) is 3.93. The number of carbonyl (C=O) groups is 1. The minimum absolute atomic E-state index is 0.171. The molecular formula is C23H16N2O2S. The van der Waals surface area contributed by atoms with Crippen molar-refractivity contribution >= 4 is 28.4 Å². The first-order chi connectivity index (χ1) is 13.7. The van der Waals surface area contributed by atoms with E-state index >= 15 is 0 Å². The molecule has 0 fully saturated rings. The molecular weight excluding hydrogens is 368 g/mol. The number of aliphatic imine (C=N–C) groups is 1. The molecule has 0 amide bonds. The predicted molar refractivity (Wildman–Crippen MR) is 111 cm³/mol. The maximum absolute atomic E-state index is 12.9. The van der Waals surface area contributed by atoms with Gasteiger partial charge in [0.05, 0.1) is 11.4 Å². The fraction of sp³-hybridized carbons (Fsp3) is 0.0435. The van der Waals surface area contributed by atoms with Crippen LogP contribution < -0.4 is 4.90 Å². The van der Waals surface area contributed by atoms with Gasteiger partial charge in [-0.05, 0) is 23.9 Å². The zero-order valence-corrected chi connectivity index (χ0v) is 15.6. The van der Waals surface area contributed by atoms with Crippen LogP contribution >= 0.6 is 11.8 Å². The molecule has 3 aromatic carbocycles. The van der Waals surface area contributed by atoms with Gasteiger partial charge in [-0.25, -0.2) is 4.99 Å². The number of hydrogen-bond acceptors (Lipinski definition) is 5. The largest absolute Gasteiger partial charge is 0.361 e. The number of nitrogens with zero attached hydrogens (tertiary/aromatic N) is 2. The van der Waals surface area contributed by atoms with Gasteiger partial charge in [0.1, 0.15) is 0 Å². The second kappa shape index (κ2) is 6.48. The topological polar surface area (TPSA) is 52.9 Å². The van der Waals surface area contributed by atoms with Crippen LogP contribution in [0.5, 0.6) is 0 Å². The number of anilines is 1. The molecule has 5 rings (SSSR count). The van der Waals surface area contributed by atoms with Crippen molar-refractivity contribution in [2.24, 2.45) is 4.99 Å². The van der Waals surface area contributed by atoms with E-state index in [1.807, 2.05) is 77.7 Å². The number of allylic oxidation sites excluding steroid dienone is 1. The summed E-state index contributed by atoms with van der Waals surface area (Å²) in [5.41, 5.74) is 0.952. The molecule has 0 spiro atoms. The standard InChI is InChI=1S/C23H16N2O2S/c26-19(16-9-3-1-4-10-16)15-21-23(27,17-11-5-2-6-12-17)24-22-25(21)18-13-7-8-14-20(18)28-22/h1-15,27H/b21-15-. The number of rotatable bonds is 3. The van der Waals surface area contributed by atoms with Crippen molar-refractivity contribution in [3.05, 3.63) is 108 Å². The van der Waals surface area contributed by atoms with E-state index in [0.29, 0.717) is 22.0 Å². The van der Waals surface area contributed by atoms with Crippen molar-refractivity contribution in [1.29, 1.82) is 0 Å². The van der Waals surface area contributed by atoms with Crippen LogP contribution in [0, 0.1) is 0 Å². The van der Waals surface area contributed by atoms with E-state index in [4.69, 9.17) is 0 Å². The van der Waals surface area contributed by atoms with Crippen molar-refractivity contribution in [3.8, 4) is 0 Å². The maximum Gasteiger partial charge on any atom is 0.227 e. The monoisotopic (exact) mass is 384 g/mol. The molecule has 2 heterocycles. The number of carbonyl (C=O) groups excluding carboxylic acids is 1. The van der Waals surface area contributed by atoms with Crippen molar-refractivity contribution in [3.63, 3.8) is 0 Å². The van der Waals surface area contributed by atoms with Crippen LogP contribution in [0.25, 0.3) is 0 Å². The second-order valence-electron chi connectivity index (χ2n) is 6.60. The van der Waals surface area contributed by atoms with Crippen LogP contribution in [-0.2, 0) is 5.72 Å². The summed E-state index contributed by atoms with van der Waals surface area (Å²) in [7, 11) is 0. The molecule has 5 heteroatoms. The maximum atomic E-state index is 12.9. The quantitative estimate of drug-likeness (QED) is 0.530. The highest BCUT2D eigenvalue weighted by molar-refractivity contribution is 8.14. The van der Waals surface area contributed by atoms with Gasteiger partial charge < -0.3 is 5.11 Å². The fourth-order valence-corrected chi connectivity index (χ4v) is 4.56. The predicted octanol–water partition coefficient (Wildman–Crippen LogP) is 4.58. The lowest BCUT2D eigenvalue weighted by Crippen LogP contribution is -2.31. The van der Waals surface area contributed by atoms with E-state index in [1.54, 1.807) is 12.1 Å². The van der Waals surface area contributed by atoms with Crippen molar-refractivity contribution in [1.82, 2.24) is 0 Å². The average Bonchev–Trinajstić information content (AvgIpc) is 3.23. The van der Waals surface area contributed by atoms with Gasteiger partial charge in [0.15, 0.2) is 11.0 Å². The third-order valence-electron chi connectivity index (χ3n) is 4.86. The van der Waals surface area contributed by atoms with Gasteiger partial charge in [0, 0.05) is 22.1 Å². The van der Waals surface area contributed by atoms with Gasteiger partial charge in [0.25, 0.3) is 0 Å². The van der Waals surface area contributed by atoms with Crippen LogP contribution in [0.3, 0.4) is 0 Å². The van der Waals surface area contributed by atoms with Crippen molar-refractivity contribution in [2.45, 2.75) is 10.6 Å². The van der Waals surface area contributed by atoms with E-state index in [0.717, 1.165) is 10.6 Å². The Morgan fingerprint density at radius 1 is 0.929 bits per heavy atom. The highest BCUT2D eigenvalue weighted by Gasteiger charge is 2.48. The number of thioether (sulfide) groups is 1. The SMILES string of the molecule is O=C(/C=C1\N2C(=NC1(O)c1ccccc1)Sc1ccccc12)c1ccccc1. The van der Waals surface area contributed by atoms with Gasteiger partial charge in [-0.3, -0.25) is 9.69 Å². The van der Waals surface area contributed by atoms with E-state index in [-0.39, 0.29) is 5.78 Å². The lowest BCUT2D eigenvalue weighted by molar-refractivity contribution is 0.0889. The van der Waals surface area contributed by atoms with E-state index < -0.39 is 5.72 Å². The van der Waals surface area contributed by atoms with Gasteiger partial charge in [0.2, 0.25) is 5.72 Å². The molecule has 0 radical (unpaired) electrons. The summed E-state index contributed by atoms with van der Waals surface area (Å²) in [6.45, 7) is 0. The fourth-order valence-electron chi connectivity index (χ4n) is 3.49. The lowest BCUT2D eigenvalue weighted by Gasteiger charge is -2.26. The molecule has 28 heavy (non-hydrogen) atoms. The molecule has 3 aromatic rings. The molecule has 0 aromatic heterocycles. The summed E-state index contributed by atoms with van der Waals surface area (Å²) in [6, 6.07) is 26.2. The van der Waals surface area contributed by atoms with Crippen LogP contribution in [0.4, 0.5) is 5.69 Å². The normalized spacial score (nSPS) is 21.4. The van der Waals surface area contributed by atoms with E-state index in [9.17, 15) is 9.90 Å². The Bertz CT molecular complexity index is 1130. The Balaban J connectivity index is 1.68. The lowest BCUT2D eigenvalue weighted by atomic mass is 9.97. The van der Waals surface area contributed by atoms with Gasteiger partial charge in [-0.2, -0.15) is 0 Å². The summed E-state index contributed by atoms with van der Waals surface area (Å²) in [5.74, 6) is -0.171. The molecule has 1 N–H and O–H groups in total. The third kappa shape index (κ3) is 2.59. The summed E-state index contributed by atoms with van der Waals surface area (Å²) >= 11 is 1.49. The van der Waals surface area contributed by atoms with E-state index in [2.05, 4.69) is 4.99 Å². The van der Waals surface area contributed by atoms with Gasteiger partial charge in [-0.1, -0.05) is 72.8 Å². The summed E-state index contributed by atoms with van der Waals surface area (Å²) in [4.78, 5) is 20.5. The number of para-hydroxylation sites is 1. The molecule has 0 aliphatic carbocycles. The average molecular weight is 384 g/mol. The first kappa shape index (κ1) is 17.0. The Labute approximate surface area is 166 Å². The molecule has 0 saturated heterocycles. The number of benzene rings is 3. The molecule has 0 bridgehead atoms. The molecule has 2 aliphatic rings. The molecule has 1 atom stereocenters. The highest BCUT2D eigenvalue weighted by Crippen LogP contribution is 2.51. The molecule has 0 saturated carbocycles. The zero-order valence-electron chi connectivity index (χ0n) is 14.8. The molecule has 136 valence electrons. The summed E-state index contributed by atoms with van der Waals surface area (Å²) in [6.07, 6.45) is 1.50. The molecule has 2 aliphatic heterocycles. The second-order valence-corrected chi connectivity index (χ2v) is 7.61. The number of amidine groups is 1. The minimum atomic E-state index is -1.61. The number of fused-ring (bicyclic) bond motifs is 3. The zero-order chi connectivity index (χ0) is 19.1. The van der Waals surface area contributed by atoms with Crippen LogP contribution in [0.2, 0.25) is 0 Å². The van der Waals surface area contributed by atoms with Crippen LogP contribution in [0.1, 0.15) is 15.9 Å². The number of aliphatic hydroxyl groups is 1. The summed E-state index contributed by atoms with van der Waals surface area (Å²) < 4.78 is 0. The molecule has 4 nitrogen and oxygen atoms in total.